The zero-order valence-electron chi connectivity index (χ0n) is 9.09. The first kappa shape index (κ1) is 10.6. The first-order valence-corrected chi connectivity index (χ1v) is 4.51. The first-order valence-electron chi connectivity index (χ1n) is 4.51. The van der Waals surface area contributed by atoms with E-state index in [-0.39, 0.29) is 0 Å². The van der Waals surface area contributed by atoms with Crippen LogP contribution in [0.2, 0.25) is 0 Å². The number of benzene rings is 1. The minimum atomic E-state index is 0.816. The zero-order valence-corrected chi connectivity index (χ0v) is 9.09. The Morgan fingerprint density at radius 3 is 2.50 bits per heavy atom. The molecule has 0 saturated heterocycles. The predicted octanol–water partition coefficient (Wildman–Crippen LogP) is 2.26. The maximum atomic E-state index is 5.79. The molecular weight excluding hydrogens is 176 g/mol. The van der Waals surface area contributed by atoms with Gasteiger partial charge in [-0.2, -0.15) is 0 Å². The SMILES string of the molecule is CO/N=C(\C)c1cc(C)c(N)cc1C. The van der Waals surface area contributed by atoms with Crippen LogP contribution in [0.25, 0.3) is 0 Å². The maximum Gasteiger partial charge on any atom is 0.106 e. The van der Waals surface area contributed by atoms with Gasteiger partial charge in [0.25, 0.3) is 0 Å². The zero-order chi connectivity index (χ0) is 10.7. The van der Waals surface area contributed by atoms with Crippen LogP contribution in [0, 0.1) is 13.8 Å². The molecule has 0 heterocycles. The molecule has 0 spiro atoms. The molecule has 0 aliphatic heterocycles. The molecule has 2 N–H and O–H groups in total. The molecule has 1 aromatic rings. The van der Waals surface area contributed by atoms with Crippen molar-refractivity contribution in [3.63, 3.8) is 0 Å². The van der Waals surface area contributed by atoms with Gasteiger partial charge in [-0.3, -0.25) is 0 Å². The Bertz CT molecular complexity index is 370. The lowest BCUT2D eigenvalue weighted by Crippen LogP contribution is -2.01. The van der Waals surface area contributed by atoms with Crippen molar-refractivity contribution in [3.8, 4) is 0 Å². The van der Waals surface area contributed by atoms with Crippen molar-refractivity contribution >= 4 is 11.4 Å². The predicted molar refractivity (Wildman–Crippen MR) is 59.5 cm³/mol. The minimum Gasteiger partial charge on any atom is -0.399 e. The Kier molecular flexibility index (Phi) is 3.12. The van der Waals surface area contributed by atoms with E-state index < -0.39 is 0 Å². The third-order valence-corrected chi connectivity index (χ3v) is 2.23. The Labute approximate surface area is 84.6 Å². The Morgan fingerprint density at radius 1 is 1.29 bits per heavy atom. The lowest BCUT2D eigenvalue weighted by molar-refractivity contribution is 0.213. The summed E-state index contributed by atoms with van der Waals surface area (Å²) in [5.41, 5.74) is 10.7. The van der Waals surface area contributed by atoms with Gasteiger partial charge < -0.3 is 10.6 Å². The van der Waals surface area contributed by atoms with E-state index in [1.807, 2.05) is 32.9 Å². The topological polar surface area (TPSA) is 47.6 Å². The molecular formula is C11H16N2O. The van der Waals surface area contributed by atoms with Crippen molar-refractivity contribution in [1.29, 1.82) is 0 Å². The molecule has 76 valence electrons. The van der Waals surface area contributed by atoms with Gasteiger partial charge in [-0.15, -0.1) is 0 Å². The summed E-state index contributed by atoms with van der Waals surface area (Å²) in [6, 6.07) is 3.99. The smallest absolute Gasteiger partial charge is 0.106 e. The third kappa shape index (κ3) is 2.05. The average Bonchev–Trinajstić information content (AvgIpc) is 2.11. The Morgan fingerprint density at radius 2 is 1.93 bits per heavy atom. The van der Waals surface area contributed by atoms with Crippen LogP contribution in [0.3, 0.4) is 0 Å². The quantitative estimate of drug-likeness (QED) is 0.444. The van der Waals surface area contributed by atoms with E-state index in [9.17, 15) is 0 Å². The standard InChI is InChI=1S/C11H16N2O/c1-7-6-11(12)8(2)5-10(7)9(3)13-14-4/h5-6H,12H2,1-4H3/b13-9+. The van der Waals surface area contributed by atoms with Crippen LogP contribution in [0.5, 0.6) is 0 Å². The van der Waals surface area contributed by atoms with E-state index in [2.05, 4.69) is 5.16 Å². The number of hydrogen-bond acceptors (Lipinski definition) is 3. The molecule has 0 aliphatic rings. The van der Waals surface area contributed by atoms with Crippen molar-refractivity contribution in [2.24, 2.45) is 5.16 Å². The molecule has 14 heavy (non-hydrogen) atoms. The van der Waals surface area contributed by atoms with Gasteiger partial charge in [-0.25, -0.2) is 0 Å². The lowest BCUT2D eigenvalue weighted by atomic mass is 10.0. The first-order chi connectivity index (χ1) is 6.56. The van der Waals surface area contributed by atoms with Crippen molar-refractivity contribution in [3.05, 3.63) is 28.8 Å². The monoisotopic (exact) mass is 192 g/mol. The molecule has 3 heteroatoms. The van der Waals surface area contributed by atoms with Crippen LogP contribution in [-0.4, -0.2) is 12.8 Å². The molecule has 0 atom stereocenters. The van der Waals surface area contributed by atoms with E-state index in [4.69, 9.17) is 10.6 Å². The van der Waals surface area contributed by atoms with Crippen molar-refractivity contribution in [1.82, 2.24) is 0 Å². The van der Waals surface area contributed by atoms with Crippen molar-refractivity contribution < 1.29 is 4.84 Å². The van der Waals surface area contributed by atoms with Gasteiger partial charge in [0.05, 0.1) is 5.71 Å². The molecule has 0 radical (unpaired) electrons. The highest BCUT2D eigenvalue weighted by molar-refractivity contribution is 6.00. The molecule has 0 aromatic heterocycles. The molecule has 0 bridgehead atoms. The molecule has 3 nitrogen and oxygen atoms in total. The number of aryl methyl sites for hydroxylation is 2. The van der Waals surface area contributed by atoms with Crippen molar-refractivity contribution in [2.45, 2.75) is 20.8 Å². The van der Waals surface area contributed by atoms with E-state index in [0.29, 0.717) is 0 Å². The fourth-order valence-electron chi connectivity index (χ4n) is 1.41. The van der Waals surface area contributed by atoms with Crippen LogP contribution in [0.15, 0.2) is 17.3 Å². The molecule has 0 saturated carbocycles. The van der Waals surface area contributed by atoms with E-state index in [0.717, 1.165) is 28.1 Å². The summed E-state index contributed by atoms with van der Waals surface area (Å²) in [5, 5.41) is 3.90. The van der Waals surface area contributed by atoms with Crippen LogP contribution >= 0.6 is 0 Å². The summed E-state index contributed by atoms with van der Waals surface area (Å²) in [7, 11) is 1.54. The Hall–Kier alpha value is -1.51. The highest BCUT2D eigenvalue weighted by Crippen LogP contribution is 2.18. The summed E-state index contributed by atoms with van der Waals surface area (Å²) in [6.45, 7) is 5.92. The van der Waals surface area contributed by atoms with Crippen LogP contribution in [0.4, 0.5) is 5.69 Å². The highest BCUT2D eigenvalue weighted by Gasteiger charge is 2.05. The van der Waals surface area contributed by atoms with Crippen LogP contribution < -0.4 is 5.73 Å². The highest BCUT2D eigenvalue weighted by atomic mass is 16.6. The second-order valence-corrected chi connectivity index (χ2v) is 3.38. The molecule has 0 unspecified atom stereocenters. The largest absolute Gasteiger partial charge is 0.399 e. The summed E-state index contributed by atoms with van der Waals surface area (Å²) >= 11 is 0. The molecule has 1 rings (SSSR count). The number of nitrogens with zero attached hydrogens (tertiary/aromatic N) is 1. The van der Waals surface area contributed by atoms with Gasteiger partial charge in [0, 0.05) is 11.3 Å². The molecule has 0 amide bonds. The minimum absolute atomic E-state index is 0.816. The van der Waals surface area contributed by atoms with Crippen molar-refractivity contribution in [2.75, 3.05) is 12.8 Å². The van der Waals surface area contributed by atoms with Gasteiger partial charge in [0.1, 0.15) is 7.11 Å². The summed E-state index contributed by atoms with van der Waals surface area (Å²) in [5.74, 6) is 0. The summed E-state index contributed by atoms with van der Waals surface area (Å²) < 4.78 is 0. The maximum absolute atomic E-state index is 5.79. The number of anilines is 1. The molecule has 1 aromatic carbocycles. The van der Waals surface area contributed by atoms with Gasteiger partial charge in [0.15, 0.2) is 0 Å². The second-order valence-electron chi connectivity index (χ2n) is 3.38. The fourth-order valence-corrected chi connectivity index (χ4v) is 1.41. The van der Waals surface area contributed by atoms with Crippen LogP contribution in [0.1, 0.15) is 23.6 Å². The number of rotatable bonds is 2. The lowest BCUT2D eigenvalue weighted by Gasteiger charge is -2.08. The number of hydrogen-bond donors (Lipinski definition) is 1. The fraction of sp³-hybridized carbons (Fsp3) is 0.364. The number of nitrogens with two attached hydrogens (primary N) is 1. The summed E-state index contributed by atoms with van der Waals surface area (Å²) in [4.78, 5) is 4.74. The van der Waals surface area contributed by atoms with Gasteiger partial charge in [-0.05, 0) is 44.0 Å². The van der Waals surface area contributed by atoms with Gasteiger partial charge >= 0.3 is 0 Å². The van der Waals surface area contributed by atoms with Gasteiger partial charge in [-0.1, -0.05) is 5.16 Å². The van der Waals surface area contributed by atoms with E-state index >= 15 is 0 Å². The number of oxime groups is 1. The number of nitrogen functional groups attached to an aromatic ring is 1. The second kappa shape index (κ2) is 4.13. The third-order valence-electron chi connectivity index (χ3n) is 2.23. The van der Waals surface area contributed by atoms with E-state index in [1.165, 1.54) is 0 Å². The summed E-state index contributed by atoms with van der Waals surface area (Å²) in [6.07, 6.45) is 0. The van der Waals surface area contributed by atoms with E-state index in [1.54, 1.807) is 7.11 Å². The molecule has 0 fully saturated rings. The van der Waals surface area contributed by atoms with Crippen LogP contribution in [-0.2, 0) is 4.84 Å². The van der Waals surface area contributed by atoms with Gasteiger partial charge in [0.2, 0.25) is 0 Å². The average molecular weight is 192 g/mol. The Balaban J connectivity index is 3.22. The molecule has 0 aliphatic carbocycles. The normalized spacial score (nSPS) is 11.6.